The van der Waals surface area contributed by atoms with Gasteiger partial charge in [-0.3, -0.25) is 9.78 Å². The summed E-state index contributed by atoms with van der Waals surface area (Å²) in [6.45, 7) is 1.03. The Morgan fingerprint density at radius 3 is 2.95 bits per heavy atom. The van der Waals surface area contributed by atoms with Crippen molar-refractivity contribution in [2.75, 3.05) is 13.2 Å². The van der Waals surface area contributed by atoms with Crippen LogP contribution in [0.4, 0.5) is 0 Å². The smallest absolute Gasteiger partial charge is 0.269 e. The second-order valence-corrected chi connectivity index (χ2v) is 5.45. The largest absolute Gasteiger partial charge is 0.348 e. The third-order valence-corrected chi connectivity index (χ3v) is 3.92. The Hall–Kier alpha value is -1.46. The first-order chi connectivity index (χ1) is 9.77. The van der Waals surface area contributed by atoms with Gasteiger partial charge in [-0.05, 0) is 25.0 Å². The number of carbonyl (C=O) groups excluding carboxylic acids is 1. The highest BCUT2D eigenvalue weighted by atomic mass is 16.7. The van der Waals surface area contributed by atoms with Crippen molar-refractivity contribution in [3.05, 3.63) is 30.1 Å². The van der Waals surface area contributed by atoms with E-state index in [1.165, 1.54) is 6.42 Å². The summed E-state index contributed by atoms with van der Waals surface area (Å²) in [6.07, 6.45) is 7.08. The zero-order chi connectivity index (χ0) is 13.8. The molecule has 1 spiro atoms. The highest BCUT2D eigenvalue weighted by Crippen LogP contribution is 2.37. The van der Waals surface area contributed by atoms with Gasteiger partial charge in [0.25, 0.3) is 5.91 Å². The molecule has 5 heteroatoms. The lowest BCUT2D eigenvalue weighted by molar-refractivity contribution is -0.186. The van der Waals surface area contributed by atoms with Crippen molar-refractivity contribution in [3.8, 4) is 0 Å². The minimum atomic E-state index is -0.376. The lowest BCUT2D eigenvalue weighted by atomic mass is 9.94. The van der Waals surface area contributed by atoms with Crippen molar-refractivity contribution in [2.24, 2.45) is 0 Å². The highest BCUT2D eigenvalue weighted by molar-refractivity contribution is 5.92. The summed E-state index contributed by atoms with van der Waals surface area (Å²) in [7, 11) is 0. The molecular formula is C15H20N2O3. The van der Waals surface area contributed by atoms with Crippen LogP contribution in [0.25, 0.3) is 0 Å². The van der Waals surface area contributed by atoms with E-state index in [1.54, 1.807) is 24.4 Å². The third kappa shape index (κ3) is 2.99. The number of hydrogen-bond acceptors (Lipinski definition) is 4. The van der Waals surface area contributed by atoms with Crippen LogP contribution >= 0.6 is 0 Å². The molecule has 2 fully saturated rings. The van der Waals surface area contributed by atoms with Crippen molar-refractivity contribution in [3.63, 3.8) is 0 Å². The van der Waals surface area contributed by atoms with Gasteiger partial charge in [-0.1, -0.05) is 12.5 Å². The maximum Gasteiger partial charge on any atom is 0.269 e. The van der Waals surface area contributed by atoms with E-state index in [9.17, 15) is 4.79 Å². The summed E-state index contributed by atoms with van der Waals surface area (Å²) in [4.78, 5) is 15.9. The number of amides is 1. The predicted octanol–water partition coefficient (Wildman–Crippen LogP) is 1.89. The molecule has 108 valence electrons. The van der Waals surface area contributed by atoms with Crippen LogP contribution in [0.1, 0.15) is 42.6 Å². The zero-order valence-corrected chi connectivity index (χ0v) is 11.5. The number of pyridine rings is 1. The van der Waals surface area contributed by atoms with Gasteiger partial charge in [0.05, 0.1) is 6.61 Å². The lowest BCUT2D eigenvalue weighted by Gasteiger charge is -2.31. The average molecular weight is 276 g/mol. The van der Waals surface area contributed by atoms with Crippen LogP contribution in [0.2, 0.25) is 0 Å². The normalized spacial score (nSPS) is 24.7. The molecule has 3 rings (SSSR count). The molecule has 20 heavy (non-hydrogen) atoms. The number of aromatic nitrogens is 1. The van der Waals surface area contributed by atoms with E-state index in [1.807, 2.05) is 0 Å². The number of rotatable bonds is 3. The molecule has 1 saturated heterocycles. The van der Waals surface area contributed by atoms with Crippen LogP contribution in [-0.4, -0.2) is 35.9 Å². The molecule has 1 aliphatic heterocycles. The van der Waals surface area contributed by atoms with E-state index in [0.717, 1.165) is 25.7 Å². The molecule has 0 unspecified atom stereocenters. The monoisotopic (exact) mass is 276 g/mol. The number of nitrogens with zero attached hydrogens (tertiary/aromatic N) is 1. The number of nitrogens with one attached hydrogen (secondary N) is 1. The third-order valence-electron chi connectivity index (χ3n) is 3.92. The summed E-state index contributed by atoms with van der Waals surface area (Å²) in [6, 6.07) is 5.29. The fraction of sp³-hybridized carbons (Fsp3) is 0.600. The fourth-order valence-electron chi connectivity index (χ4n) is 2.86. The molecule has 5 nitrogen and oxygen atoms in total. The van der Waals surface area contributed by atoms with Crippen LogP contribution in [0, 0.1) is 0 Å². The Morgan fingerprint density at radius 1 is 1.35 bits per heavy atom. The molecule has 1 N–H and O–H groups in total. The Morgan fingerprint density at radius 2 is 2.20 bits per heavy atom. The highest BCUT2D eigenvalue weighted by Gasteiger charge is 2.42. The summed E-state index contributed by atoms with van der Waals surface area (Å²) in [5.74, 6) is -0.544. The molecule has 2 heterocycles. The van der Waals surface area contributed by atoms with E-state index in [-0.39, 0.29) is 17.8 Å². The maximum absolute atomic E-state index is 11.9. The van der Waals surface area contributed by atoms with Crippen molar-refractivity contribution in [1.29, 1.82) is 0 Å². The van der Waals surface area contributed by atoms with Crippen LogP contribution in [0.3, 0.4) is 0 Å². The van der Waals surface area contributed by atoms with E-state index >= 15 is 0 Å². The van der Waals surface area contributed by atoms with Crippen LogP contribution in [0.15, 0.2) is 24.4 Å². The summed E-state index contributed by atoms with van der Waals surface area (Å²) >= 11 is 0. The maximum atomic E-state index is 11.9. The molecule has 1 aromatic heterocycles. The van der Waals surface area contributed by atoms with E-state index < -0.39 is 0 Å². The molecule has 1 saturated carbocycles. The van der Waals surface area contributed by atoms with Gasteiger partial charge in [0.1, 0.15) is 11.8 Å². The molecule has 1 aromatic rings. The molecule has 0 radical (unpaired) electrons. The summed E-state index contributed by atoms with van der Waals surface area (Å²) < 4.78 is 11.9. The molecule has 2 aliphatic rings. The van der Waals surface area contributed by atoms with Crippen molar-refractivity contribution >= 4 is 5.91 Å². The second kappa shape index (κ2) is 5.89. The van der Waals surface area contributed by atoms with Gasteiger partial charge < -0.3 is 14.8 Å². The van der Waals surface area contributed by atoms with Crippen molar-refractivity contribution in [1.82, 2.24) is 10.3 Å². The fourth-order valence-corrected chi connectivity index (χ4v) is 2.86. The van der Waals surface area contributed by atoms with E-state index in [2.05, 4.69) is 10.3 Å². The lowest BCUT2D eigenvalue weighted by Crippen LogP contribution is -2.37. The number of carbonyl (C=O) groups is 1. The molecule has 0 aromatic carbocycles. The zero-order valence-electron chi connectivity index (χ0n) is 11.5. The molecule has 1 amide bonds. The molecular weight excluding hydrogens is 256 g/mol. The number of ether oxygens (including phenoxy) is 2. The topological polar surface area (TPSA) is 60.5 Å². The number of hydrogen-bond donors (Lipinski definition) is 1. The van der Waals surface area contributed by atoms with Gasteiger partial charge in [-0.25, -0.2) is 0 Å². The average Bonchev–Trinajstić information content (AvgIpc) is 2.89. The van der Waals surface area contributed by atoms with Gasteiger partial charge in [0.2, 0.25) is 0 Å². The minimum Gasteiger partial charge on any atom is -0.348 e. The Labute approximate surface area is 118 Å². The minimum absolute atomic E-state index is 0.0548. The van der Waals surface area contributed by atoms with Gasteiger partial charge in [0, 0.05) is 25.6 Å². The summed E-state index contributed by atoms with van der Waals surface area (Å²) in [5.41, 5.74) is 0.429. The van der Waals surface area contributed by atoms with E-state index in [4.69, 9.17) is 9.47 Å². The Balaban J connectivity index is 1.49. The first-order valence-corrected chi connectivity index (χ1v) is 7.28. The van der Waals surface area contributed by atoms with Crippen molar-refractivity contribution in [2.45, 2.75) is 44.0 Å². The Kier molecular flexibility index (Phi) is 3.98. The predicted molar refractivity (Wildman–Crippen MR) is 73.2 cm³/mol. The first kappa shape index (κ1) is 13.5. The first-order valence-electron chi connectivity index (χ1n) is 7.28. The Bertz CT molecular complexity index is 457. The quantitative estimate of drug-likeness (QED) is 0.915. The second-order valence-electron chi connectivity index (χ2n) is 5.45. The standard InChI is InChI=1S/C15H20N2O3/c18-14(13-6-2-5-9-16-13)17-10-12-11-19-15(20-12)7-3-1-4-8-15/h2,5-6,9,12H,1,3-4,7-8,10-11H2,(H,17,18)/t12-/m1/s1. The van der Waals surface area contributed by atoms with Gasteiger partial charge in [-0.15, -0.1) is 0 Å². The van der Waals surface area contributed by atoms with Crippen LogP contribution in [-0.2, 0) is 9.47 Å². The van der Waals surface area contributed by atoms with Crippen molar-refractivity contribution < 1.29 is 14.3 Å². The summed E-state index contributed by atoms with van der Waals surface area (Å²) in [5, 5.41) is 2.86. The van der Waals surface area contributed by atoms with Gasteiger partial charge in [-0.2, -0.15) is 0 Å². The molecule has 0 bridgehead atoms. The van der Waals surface area contributed by atoms with Crippen LogP contribution in [0.5, 0.6) is 0 Å². The van der Waals surface area contributed by atoms with Gasteiger partial charge in [0.15, 0.2) is 5.79 Å². The SMILES string of the molecule is O=C(NC[C@@H]1COC2(CCCCC2)O1)c1ccccn1. The van der Waals surface area contributed by atoms with Gasteiger partial charge >= 0.3 is 0 Å². The molecule has 1 aliphatic carbocycles. The van der Waals surface area contributed by atoms with E-state index in [0.29, 0.717) is 18.8 Å². The molecule has 1 atom stereocenters. The van der Waals surface area contributed by atoms with Crippen LogP contribution < -0.4 is 5.32 Å².